The van der Waals surface area contributed by atoms with Crippen LogP contribution in [-0.4, -0.2) is 12.7 Å². The zero-order valence-electron chi connectivity index (χ0n) is 12.7. The number of fused-ring (bicyclic) bond motifs is 2. The molecule has 23 heavy (non-hydrogen) atoms. The van der Waals surface area contributed by atoms with Gasteiger partial charge in [-0.05, 0) is 36.0 Å². The molecule has 0 saturated carbocycles. The molecule has 0 bridgehead atoms. The average molecular weight is 310 g/mol. The van der Waals surface area contributed by atoms with Crippen molar-refractivity contribution in [2.45, 2.75) is 25.7 Å². The van der Waals surface area contributed by atoms with Crippen molar-refractivity contribution in [3.8, 4) is 11.5 Å². The molecule has 0 atom stereocenters. The molecule has 0 spiro atoms. The van der Waals surface area contributed by atoms with Crippen LogP contribution in [0, 0.1) is 0 Å². The molecule has 0 radical (unpaired) electrons. The van der Waals surface area contributed by atoms with Crippen LogP contribution in [-0.2, 0) is 24.1 Å². The predicted molar refractivity (Wildman–Crippen MR) is 87.8 cm³/mol. The predicted octanol–water partition coefficient (Wildman–Crippen LogP) is 2.67. The maximum absolute atomic E-state index is 12.3. The van der Waals surface area contributed by atoms with Crippen molar-refractivity contribution < 1.29 is 14.3 Å². The molecular weight excluding hydrogens is 292 g/mol. The van der Waals surface area contributed by atoms with E-state index in [2.05, 4.69) is 17.4 Å². The highest BCUT2D eigenvalue weighted by molar-refractivity contribution is 5.95. The van der Waals surface area contributed by atoms with E-state index in [9.17, 15) is 4.79 Å². The first-order valence-corrected chi connectivity index (χ1v) is 7.79. The van der Waals surface area contributed by atoms with Crippen LogP contribution in [0.15, 0.2) is 30.3 Å². The highest BCUT2D eigenvalue weighted by Gasteiger charge is 2.18. The largest absolute Gasteiger partial charge is 0.454 e. The Morgan fingerprint density at radius 3 is 2.74 bits per heavy atom. The zero-order valence-corrected chi connectivity index (χ0v) is 12.7. The van der Waals surface area contributed by atoms with E-state index in [0.29, 0.717) is 29.3 Å². The molecule has 3 N–H and O–H groups in total. The summed E-state index contributed by atoms with van der Waals surface area (Å²) in [5, 5.41) is 2.86. The van der Waals surface area contributed by atoms with E-state index in [1.165, 1.54) is 17.5 Å². The fourth-order valence-electron chi connectivity index (χ4n) is 3.18. The van der Waals surface area contributed by atoms with Crippen LogP contribution in [0.25, 0.3) is 0 Å². The van der Waals surface area contributed by atoms with E-state index in [1.807, 2.05) is 6.07 Å². The van der Waals surface area contributed by atoms with E-state index in [4.69, 9.17) is 15.2 Å². The Morgan fingerprint density at radius 2 is 1.87 bits per heavy atom. The number of anilines is 2. The summed E-state index contributed by atoms with van der Waals surface area (Å²) >= 11 is 0. The Morgan fingerprint density at radius 1 is 1.09 bits per heavy atom. The molecule has 1 amide bonds. The van der Waals surface area contributed by atoms with Crippen LogP contribution in [0.1, 0.15) is 23.1 Å². The molecule has 2 aromatic carbocycles. The number of nitrogen functional groups attached to an aromatic ring is 1. The van der Waals surface area contributed by atoms with Gasteiger partial charge >= 0.3 is 0 Å². The van der Waals surface area contributed by atoms with Crippen LogP contribution < -0.4 is 20.5 Å². The SMILES string of the molecule is Nc1cc2c(cc1NC(=O)Cc1ccc3c(c1)CCC3)OCO2. The second kappa shape index (κ2) is 5.50. The van der Waals surface area contributed by atoms with Gasteiger partial charge < -0.3 is 20.5 Å². The molecule has 4 rings (SSSR count). The zero-order chi connectivity index (χ0) is 15.8. The number of benzene rings is 2. The maximum atomic E-state index is 12.3. The molecule has 1 aliphatic heterocycles. The van der Waals surface area contributed by atoms with Crippen molar-refractivity contribution >= 4 is 17.3 Å². The van der Waals surface area contributed by atoms with Gasteiger partial charge in [0.2, 0.25) is 12.7 Å². The minimum atomic E-state index is -0.0893. The topological polar surface area (TPSA) is 73.6 Å². The quantitative estimate of drug-likeness (QED) is 0.855. The monoisotopic (exact) mass is 310 g/mol. The van der Waals surface area contributed by atoms with Gasteiger partial charge in [-0.25, -0.2) is 0 Å². The first kappa shape index (κ1) is 13.9. The van der Waals surface area contributed by atoms with E-state index >= 15 is 0 Å². The van der Waals surface area contributed by atoms with Gasteiger partial charge in [-0.3, -0.25) is 4.79 Å². The van der Waals surface area contributed by atoms with E-state index in [0.717, 1.165) is 18.4 Å². The van der Waals surface area contributed by atoms with Crippen molar-refractivity contribution in [3.63, 3.8) is 0 Å². The first-order valence-electron chi connectivity index (χ1n) is 7.79. The molecule has 0 unspecified atom stereocenters. The number of nitrogens with two attached hydrogens (primary N) is 1. The standard InChI is InChI=1S/C18H18N2O3/c19-14-8-16-17(23-10-22-16)9-15(14)20-18(21)7-11-4-5-12-2-1-3-13(12)6-11/h4-6,8-9H,1-3,7,10,19H2,(H,20,21). The Balaban J connectivity index is 1.48. The third-order valence-corrected chi connectivity index (χ3v) is 4.35. The number of aryl methyl sites for hydroxylation is 2. The van der Waals surface area contributed by atoms with Crippen LogP contribution in [0.3, 0.4) is 0 Å². The lowest BCUT2D eigenvalue weighted by Gasteiger charge is -2.10. The second-order valence-corrected chi connectivity index (χ2v) is 5.97. The van der Waals surface area contributed by atoms with Gasteiger partial charge in [0.25, 0.3) is 0 Å². The van der Waals surface area contributed by atoms with Gasteiger partial charge in [0, 0.05) is 12.1 Å². The van der Waals surface area contributed by atoms with Gasteiger partial charge in [0.05, 0.1) is 17.8 Å². The van der Waals surface area contributed by atoms with Crippen LogP contribution >= 0.6 is 0 Å². The Hall–Kier alpha value is -2.69. The molecule has 1 heterocycles. The lowest BCUT2D eigenvalue weighted by atomic mass is 10.0. The smallest absolute Gasteiger partial charge is 0.231 e. The molecular formula is C18H18N2O3. The minimum Gasteiger partial charge on any atom is -0.454 e. The Bertz CT molecular complexity index is 786. The number of hydrogen-bond acceptors (Lipinski definition) is 4. The number of nitrogens with one attached hydrogen (secondary N) is 1. The molecule has 0 fully saturated rings. The average Bonchev–Trinajstić information content (AvgIpc) is 3.15. The number of carbonyl (C=O) groups is 1. The summed E-state index contributed by atoms with van der Waals surface area (Å²) in [5.41, 5.74) is 10.8. The van der Waals surface area contributed by atoms with Crippen molar-refractivity contribution in [3.05, 3.63) is 47.0 Å². The summed E-state index contributed by atoms with van der Waals surface area (Å²) in [7, 11) is 0. The van der Waals surface area contributed by atoms with E-state index < -0.39 is 0 Å². The Kier molecular flexibility index (Phi) is 3.33. The first-order chi connectivity index (χ1) is 11.2. The van der Waals surface area contributed by atoms with Gasteiger partial charge in [0.1, 0.15) is 0 Å². The molecule has 2 aromatic rings. The number of ether oxygens (including phenoxy) is 2. The summed E-state index contributed by atoms with van der Waals surface area (Å²) in [6.45, 7) is 0.182. The lowest BCUT2D eigenvalue weighted by molar-refractivity contribution is -0.115. The summed E-state index contributed by atoms with van der Waals surface area (Å²) in [6, 6.07) is 9.70. The molecule has 0 saturated heterocycles. The minimum absolute atomic E-state index is 0.0893. The molecule has 5 nitrogen and oxygen atoms in total. The fraction of sp³-hybridized carbons (Fsp3) is 0.278. The molecule has 2 aliphatic rings. The normalized spacial score (nSPS) is 14.6. The third kappa shape index (κ3) is 2.70. The van der Waals surface area contributed by atoms with Crippen LogP contribution in [0.4, 0.5) is 11.4 Å². The van der Waals surface area contributed by atoms with Crippen molar-refractivity contribution in [2.75, 3.05) is 17.8 Å². The molecule has 1 aliphatic carbocycles. The van der Waals surface area contributed by atoms with Crippen LogP contribution in [0.2, 0.25) is 0 Å². The number of carbonyl (C=O) groups excluding carboxylic acids is 1. The number of hydrogen-bond donors (Lipinski definition) is 2. The van der Waals surface area contributed by atoms with Crippen LogP contribution in [0.5, 0.6) is 11.5 Å². The summed E-state index contributed by atoms with van der Waals surface area (Å²) < 4.78 is 10.6. The molecule has 5 heteroatoms. The van der Waals surface area contributed by atoms with Gasteiger partial charge in [-0.2, -0.15) is 0 Å². The van der Waals surface area contributed by atoms with Gasteiger partial charge in [-0.1, -0.05) is 18.2 Å². The third-order valence-electron chi connectivity index (χ3n) is 4.35. The maximum Gasteiger partial charge on any atom is 0.231 e. The highest BCUT2D eigenvalue weighted by Crippen LogP contribution is 2.38. The molecule has 118 valence electrons. The van der Waals surface area contributed by atoms with Gasteiger partial charge in [-0.15, -0.1) is 0 Å². The number of rotatable bonds is 3. The Labute approximate surface area is 134 Å². The van der Waals surface area contributed by atoms with Crippen molar-refractivity contribution in [2.24, 2.45) is 0 Å². The second-order valence-electron chi connectivity index (χ2n) is 5.97. The summed E-state index contributed by atoms with van der Waals surface area (Å²) in [6.07, 6.45) is 3.80. The summed E-state index contributed by atoms with van der Waals surface area (Å²) in [5.74, 6) is 1.12. The van der Waals surface area contributed by atoms with Gasteiger partial charge in [0.15, 0.2) is 11.5 Å². The molecule has 0 aromatic heterocycles. The van der Waals surface area contributed by atoms with E-state index in [1.54, 1.807) is 12.1 Å². The number of amides is 1. The lowest BCUT2D eigenvalue weighted by Crippen LogP contribution is -2.15. The van der Waals surface area contributed by atoms with E-state index in [-0.39, 0.29) is 12.7 Å². The summed E-state index contributed by atoms with van der Waals surface area (Å²) in [4.78, 5) is 12.3. The fourth-order valence-corrected chi connectivity index (χ4v) is 3.18. The van der Waals surface area contributed by atoms with Crippen molar-refractivity contribution in [1.29, 1.82) is 0 Å². The van der Waals surface area contributed by atoms with Crippen molar-refractivity contribution in [1.82, 2.24) is 0 Å². The highest BCUT2D eigenvalue weighted by atomic mass is 16.7.